The van der Waals surface area contributed by atoms with Crippen LogP contribution < -0.4 is 0 Å². The van der Waals surface area contributed by atoms with Gasteiger partial charge >= 0.3 is 0 Å². The Morgan fingerprint density at radius 1 is 1.00 bits per heavy atom. The zero-order valence-corrected chi connectivity index (χ0v) is 7.28. The van der Waals surface area contributed by atoms with Gasteiger partial charge in [-0.3, -0.25) is 0 Å². The second kappa shape index (κ2) is 18.5. The molecule has 0 aliphatic heterocycles. The fraction of sp³-hybridized carbons (Fsp3) is 0. The van der Waals surface area contributed by atoms with E-state index in [2.05, 4.69) is 0 Å². The quantitative estimate of drug-likeness (QED) is 0.535. The normalized spacial score (nSPS) is 0. The summed E-state index contributed by atoms with van der Waals surface area (Å²) < 4.78 is 0. The summed E-state index contributed by atoms with van der Waals surface area (Å²) in [7, 11) is 0. The van der Waals surface area contributed by atoms with Crippen LogP contribution in [0.2, 0.25) is 0 Å². The van der Waals surface area contributed by atoms with Crippen LogP contribution in [0.15, 0.2) is 0 Å². The fourth-order valence-corrected chi connectivity index (χ4v) is 0. The van der Waals surface area contributed by atoms with Gasteiger partial charge in [-0.25, -0.2) is 0 Å². The minimum atomic E-state index is 0. The molecule has 0 aliphatic carbocycles. The Bertz CT molecular complexity index is 8.00. The first-order valence-electron chi connectivity index (χ1n) is 0. The molecule has 6 radical (unpaired) electrons. The van der Waals surface area contributed by atoms with E-state index in [1.165, 1.54) is 0 Å². The van der Waals surface area contributed by atoms with Crippen molar-refractivity contribution in [3.8, 4) is 0 Å². The zero-order valence-electron chi connectivity index (χ0n) is 1.45. The molecule has 34 valence electrons. The van der Waals surface area contributed by atoms with Crippen LogP contribution in [-0.2, 0) is 50.3 Å². The Hall–Kier alpha value is 2.32. The van der Waals surface area contributed by atoms with Crippen molar-refractivity contribution >= 4 is 23.9 Å². The first-order chi connectivity index (χ1) is 0. The van der Waals surface area contributed by atoms with Crippen LogP contribution in [0.4, 0.5) is 0 Å². The number of rotatable bonds is 0. The van der Waals surface area contributed by atoms with Crippen LogP contribution in [0.1, 0.15) is 0 Å². The number of hydrogen-bond acceptors (Lipinski definition) is 0. The van der Waals surface area contributed by atoms with Gasteiger partial charge in [0.15, 0.2) is 0 Å². The molecular weight excluding hydrogens is 300 g/mol. The minimum Gasteiger partial charge on any atom is 0 e. The summed E-state index contributed by atoms with van der Waals surface area (Å²) in [5.41, 5.74) is 0. The Morgan fingerprint density at radius 3 is 1.00 bits per heavy atom. The minimum absolute atomic E-state index is 0. The van der Waals surface area contributed by atoms with Crippen molar-refractivity contribution < 1.29 is 50.3 Å². The van der Waals surface area contributed by atoms with Crippen molar-refractivity contribution in [2.75, 3.05) is 0 Å². The standard InChI is InChI=1S/Co.Cu.Ni.Sn. The molecule has 0 saturated heterocycles. The van der Waals surface area contributed by atoms with Gasteiger partial charge in [-0.15, -0.1) is 0 Å². The summed E-state index contributed by atoms with van der Waals surface area (Å²) in [6.45, 7) is 0. The molecule has 0 N–H and O–H groups in total. The summed E-state index contributed by atoms with van der Waals surface area (Å²) in [5.74, 6) is 0. The van der Waals surface area contributed by atoms with E-state index in [0.717, 1.165) is 0 Å². The molecule has 0 fully saturated rings. The fourth-order valence-electron chi connectivity index (χ4n) is 0. The molecule has 0 aromatic carbocycles. The summed E-state index contributed by atoms with van der Waals surface area (Å²) in [4.78, 5) is 0. The maximum Gasteiger partial charge on any atom is 0 e. The molecule has 0 aromatic rings. The average molecular weight is 300 g/mol. The van der Waals surface area contributed by atoms with E-state index in [1.807, 2.05) is 0 Å². The van der Waals surface area contributed by atoms with E-state index in [4.69, 9.17) is 0 Å². The van der Waals surface area contributed by atoms with Crippen molar-refractivity contribution in [3.63, 3.8) is 0 Å². The second-order valence-corrected chi connectivity index (χ2v) is 0. The maximum atomic E-state index is 0. The van der Waals surface area contributed by atoms with Crippen LogP contribution in [0.5, 0.6) is 0 Å². The van der Waals surface area contributed by atoms with Crippen LogP contribution in [0, 0.1) is 0 Å². The van der Waals surface area contributed by atoms with E-state index in [0.29, 0.717) is 0 Å². The molecule has 0 atom stereocenters. The molecule has 0 saturated carbocycles. The molecule has 0 unspecified atom stereocenters. The van der Waals surface area contributed by atoms with E-state index < -0.39 is 0 Å². The van der Waals surface area contributed by atoms with Gasteiger partial charge in [0.05, 0.1) is 0 Å². The van der Waals surface area contributed by atoms with Gasteiger partial charge in [0.2, 0.25) is 0 Å². The van der Waals surface area contributed by atoms with Gasteiger partial charge in [-0.1, -0.05) is 0 Å². The van der Waals surface area contributed by atoms with Crippen LogP contribution in [-0.4, -0.2) is 23.9 Å². The molecular formula is CoCuNiSn. The summed E-state index contributed by atoms with van der Waals surface area (Å²) in [5, 5.41) is 0. The summed E-state index contributed by atoms with van der Waals surface area (Å²) in [6.07, 6.45) is 0. The van der Waals surface area contributed by atoms with Crippen molar-refractivity contribution in [1.29, 1.82) is 0 Å². The average Bonchev–Trinajstić information content (AvgIpc) is 0. The Labute approximate surface area is 73.4 Å². The van der Waals surface area contributed by atoms with Crippen molar-refractivity contribution in [2.24, 2.45) is 0 Å². The third-order valence-corrected chi connectivity index (χ3v) is 0. The van der Waals surface area contributed by atoms with Gasteiger partial charge in [0.1, 0.15) is 0 Å². The topological polar surface area (TPSA) is 0 Å². The van der Waals surface area contributed by atoms with E-state index >= 15 is 0 Å². The molecule has 0 amide bonds. The number of hydrogen-bond donors (Lipinski definition) is 0. The summed E-state index contributed by atoms with van der Waals surface area (Å²) >= 11 is 0. The Balaban J connectivity index is 0. The van der Waals surface area contributed by atoms with Gasteiger partial charge < -0.3 is 0 Å². The third-order valence-electron chi connectivity index (χ3n) is 0. The van der Waals surface area contributed by atoms with Gasteiger partial charge in [-0.05, 0) is 0 Å². The molecule has 0 heterocycles. The maximum absolute atomic E-state index is 0. The summed E-state index contributed by atoms with van der Waals surface area (Å²) in [6, 6.07) is 0. The largest absolute Gasteiger partial charge is 0 e. The molecule has 0 aromatic heterocycles. The Morgan fingerprint density at radius 2 is 1.00 bits per heavy atom. The molecule has 0 bridgehead atoms. The van der Waals surface area contributed by atoms with E-state index in [9.17, 15) is 0 Å². The monoisotopic (exact) mass is 300 g/mol. The Kier molecular flexibility index (Phi) is 153. The molecule has 4 heteroatoms. The van der Waals surface area contributed by atoms with Crippen LogP contribution >= 0.6 is 0 Å². The van der Waals surface area contributed by atoms with Crippen molar-refractivity contribution in [3.05, 3.63) is 0 Å². The van der Waals surface area contributed by atoms with Crippen LogP contribution in [0.3, 0.4) is 0 Å². The zero-order chi connectivity index (χ0) is 0. The van der Waals surface area contributed by atoms with Gasteiger partial charge in [0, 0.05) is 74.2 Å². The molecule has 0 aliphatic rings. The van der Waals surface area contributed by atoms with Gasteiger partial charge in [0.25, 0.3) is 0 Å². The van der Waals surface area contributed by atoms with E-state index in [-0.39, 0.29) is 74.2 Å². The second-order valence-electron chi connectivity index (χ2n) is 0. The predicted octanol–water partition coefficient (Wildman–Crippen LogP) is -0.388. The predicted molar refractivity (Wildman–Crippen MR) is 5.75 cm³/mol. The first-order valence-corrected chi connectivity index (χ1v) is 0. The van der Waals surface area contributed by atoms with Crippen LogP contribution in [0.25, 0.3) is 0 Å². The SMILES string of the molecule is [Co].[Cu].[Ni].[Sn]. The molecule has 0 nitrogen and oxygen atoms in total. The molecule has 0 spiro atoms. The smallest absolute Gasteiger partial charge is 0 e. The van der Waals surface area contributed by atoms with Crippen molar-refractivity contribution in [1.82, 2.24) is 0 Å². The molecule has 4 heavy (non-hydrogen) atoms. The molecule has 0 rings (SSSR count). The van der Waals surface area contributed by atoms with E-state index in [1.54, 1.807) is 0 Å². The first kappa shape index (κ1) is 33.3. The third kappa shape index (κ3) is 8.85. The van der Waals surface area contributed by atoms with Gasteiger partial charge in [-0.2, -0.15) is 0 Å². The van der Waals surface area contributed by atoms with Crippen molar-refractivity contribution in [2.45, 2.75) is 0 Å².